The second kappa shape index (κ2) is 4.94. The molecule has 0 fully saturated rings. The highest BCUT2D eigenvalue weighted by Gasteiger charge is 2.09. The highest BCUT2D eigenvalue weighted by atomic mass is 32.2. The van der Waals surface area contributed by atoms with Gasteiger partial charge in [-0.1, -0.05) is 0 Å². The molecule has 1 rings (SSSR count). The second-order valence-corrected chi connectivity index (χ2v) is 5.55. The molecule has 0 aromatic carbocycles. The van der Waals surface area contributed by atoms with Crippen molar-refractivity contribution in [3.63, 3.8) is 0 Å². The summed E-state index contributed by atoms with van der Waals surface area (Å²) in [6.07, 6.45) is 0. The molecule has 0 amide bonds. The molecule has 0 radical (unpaired) electrons. The van der Waals surface area contributed by atoms with E-state index in [4.69, 9.17) is 5.14 Å². The van der Waals surface area contributed by atoms with Gasteiger partial charge in [0.25, 0.3) is 0 Å². The van der Waals surface area contributed by atoms with Gasteiger partial charge in [-0.15, -0.1) is 0 Å². The molecule has 0 bridgehead atoms. The van der Waals surface area contributed by atoms with Crippen molar-refractivity contribution in [2.45, 2.75) is 20.4 Å². The molecule has 7 heteroatoms. The van der Waals surface area contributed by atoms with Crippen LogP contribution in [0, 0.1) is 13.8 Å². The molecule has 3 N–H and O–H groups in total. The van der Waals surface area contributed by atoms with E-state index in [-0.39, 0.29) is 5.75 Å². The Hall–Kier alpha value is -0.920. The zero-order valence-electron chi connectivity index (χ0n) is 9.82. The maximum atomic E-state index is 10.7. The number of aromatic nitrogens is 2. The fourth-order valence-electron chi connectivity index (χ4n) is 1.50. The number of hydrogen-bond donors (Lipinski definition) is 2. The van der Waals surface area contributed by atoms with Crippen molar-refractivity contribution >= 4 is 10.0 Å². The summed E-state index contributed by atoms with van der Waals surface area (Å²) < 4.78 is 23.2. The molecule has 0 aliphatic rings. The Morgan fingerprint density at radius 2 is 2.06 bits per heavy atom. The molecule has 16 heavy (non-hydrogen) atoms. The van der Waals surface area contributed by atoms with Gasteiger partial charge >= 0.3 is 0 Å². The van der Waals surface area contributed by atoms with Crippen molar-refractivity contribution in [2.24, 2.45) is 12.2 Å². The van der Waals surface area contributed by atoms with E-state index in [9.17, 15) is 8.42 Å². The predicted molar refractivity (Wildman–Crippen MR) is 62.4 cm³/mol. The molecular formula is C9H18N4O2S. The molecule has 0 aliphatic heterocycles. The lowest BCUT2D eigenvalue weighted by molar-refractivity contribution is 0.592. The Kier molecular flexibility index (Phi) is 4.06. The molecule has 1 aromatic heterocycles. The summed E-state index contributed by atoms with van der Waals surface area (Å²) in [6.45, 7) is 4.88. The third-order valence-corrected chi connectivity index (χ3v) is 3.30. The lowest BCUT2D eigenvalue weighted by atomic mass is 10.2. The number of nitrogens with zero attached hydrogens (tertiary/aromatic N) is 2. The molecule has 1 heterocycles. The summed E-state index contributed by atoms with van der Waals surface area (Å²) in [5, 5.41) is 12.2. The van der Waals surface area contributed by atoms with Crippen molar-refractivity contribution < 1.29 is 8.42 Å². The summed E-state index contributed by atoms with van der Waals surface area (Å²) in [4.78, 5) is 0. The molecular weight excluding hydrogens is 228 g/mol. The van der Waals surface area contributed by atoms with Crippen molar-refractivity contribution in [3.05, 3.63) is 17.0 Å². The van der Waals surface area contributed by atoms with Gasteiger partial charge in [-0.3, -0.25) is 4.68 Å². The molecule has 0 saturated heterocycles. The van der Waals surface area contributed by atoms with Gasteiger partial charge in [0.15, 0.2) is 0 Å². The van der Waals surface area contributed by atoms with E-state index in [2.05, 4.69) is 10.4 Å². The lowest BCUT2D eigenvalue weighted by Gasteiger charge is -2.04. The minimum Gasteiger partial charge on any atom is -0.311 e. The summed E-state index contributed by atoms with van der Waals surface area (Å²) in [5.74, 6) is -0.0502. The van der Waals surface area contributed by atoms with E-state index in [1.807, 2.05) is 25.6 Å². The minimum atomic E-state index is -3.38. The third-order valence-electron chi connectivity index (χ3n) is 2.52. The number of sulfonamides is 1. The van der Waals surface area contributed by atoms with Crippen LogP contribution >= 0.6 is 0 Å². The first-order chi connectivity index (χ1) is 7.31. The van der Waals surface area contributed by atoms with Crippen molar-refractivity contribution in [1.29, 1.82) is 0 Å². The van der Waals surface area contributed by atoms with Gasteiger partial charge in [-0.25, -0.2) is 13.6 Å². The first-order valence-electron chi connectivity index (χ1n) is 5.01. The van der Waals surface area contributed by atoms with Crippen LogP contribution in [0.25, 0.3) is 0 Å². The second-order valence-electron chi connectivity index (χ2n) is 3.82. The van der Waals surface area contributed by atoms with E-state index in [1.165, 1.54) is 0 Å². The van der Waals surface area contributed by atoms with E-state index in [0.717, 1.165) is 17.0 Å². The highest BCUT2D eigenvalue weighted by Crippen LogP contribution is 2.10. The monoisotopic (exact) mass is 246 g/mol. The molecule has 0 aliphatic carbocycles. The van der Waals surface area contributed by atoms with Crippen molar-refractivity contribution in [1.82, 2.24) is 15.1 Å². The zero-order valence-corrected chi connectivity index (χ0v) is 10.6. The van der Waals surface area contributed by atoms with Gasteiger partial charge in [-0.05, 0) is 13.8 Å². The minimum absolute atomic E-state index is 0.0502. The smallest absolute Gasteiger partial charge is 0.210 e. The first kappa shape index (κ1) is 13.1. The summed E-state index contributed by atoms with van der Waals surface area (Å²) >= 11 is 0. The van der Waals surface area contributed by atoms with Crippen LogP contribution in [0.15, 0.2) is 0 Å². The fraction of sp³-hybridized carbons (Fsp3) is 0.667. The number of hydrogen-bond acceptors (Lipinski definition) is 4. The van der Waals surface area contributed by atoms with Crippen LogP contribution in [-0.2, 0) is 23.6 Å². The van der Waals surface area contributed by atoms with Gasteiger partial charge in [0.2, 0.25) is 10.0 Å². The van der Waals surface area contributed by atoms with Crippen LogP contribution < -0.4 is 10.5 Å². The maximum absolute atomic E-state index is 10.7. The van der Waals surface area contributed by atoms with Crippen molar-refractivity contribution in [2.75, 3.05) is 12.3 Å². The van der Waals surface area contributed by atoms with Gasteiger partial charge in [0.05, 0.1) is 11.4 Å². The molecule has 92 valence electrons. The number of rotatable bonds is 5. The van der Waals surface area contributed by atoms with E-state index in [1.54, 1.807) is 0 Å². The fourth-order valence-corrected chi connectivity index (χ4v) is 1.93. The van der Waals surface area contributed by atoms with Crippen LogP contribution in [0.4, 0.5) is 0 Å². The molecule has 6 nitrogen and oxygen atoms in total. The average molecular weight is 246 g/mol. The Labute approximate surface area is 95.9 Å². The van der Waals surface area contributed by atoms with Crippen LogP contribution in [-0.4, -0.2) is 30.5 Å². The predicted octanol–water partition coefficient (Wildman–Crippen LogP) is -0.585. The molecule has 1 aromatic rings. The van der Waals surface area contributed by atoms with Gasteiger partial charge in [-0.2, -0.15) is 5.10 Å². The summed E-state index contributed by atoms with van der Waals surface area (Å²) in [5.41, 5.74) is 3.15. The summed E-state index contributed by atoms with van der Waals surface area (Å²) in [7, 11) is -1.49. The van der Waals surface area contributed by atoms with Crippen LogP contribution in [0.2, 0.25) is 0 Å². The van der Waals surface area contributed by atoms with Crippen molar-refractivity contribution in [3.8, 4) is 0 Å². The number of nitrogens with two attached hydrogens (primary N) is 1. The topological polar surface area (TPSA) is 90.0 Å². The number of primary sulfonamides is 1. The van der Waals surface area contributed by atoms with Crippen LogP contribution in [0.5, 0.6) is 0 Å². The molecule has 0 atom stereocenters. The lowest BCUT2D eigenvalue weighted by Crippen LogP contribution is -2.27. The number of aryl methyl sites for hydroxylation is 2. The average Bonchev–Trinajstić information content (AvgIpc) is 2.36. The Morgan fingerprint density at radius 3 is 2.50 bits per heavy atom. The Morgan fingerprint density at radius 1 is 1.44 bits per heavy atom. The number of nitrogens with one attached hydrogen (secondary N) is 1. The standard InChI is InChI=1S/C9H18N4O2S/c1-7-9(8(2)13(3)12-7)6-11-4-5-16(10,14)15/h11H,4-6H2,1-3H3,(H2,10,14,15). The SMILES string of the molecule is Cc1nn(C)c(C)c1CNCCS(N)(=O)=O. The molecule has 0 saturated carbocycles. The van der Waals surface area contributed by atoms with Gasteiger partial charge in [0.1, 0.15) is 0 Å². The van der Waals surface area contributed by atoms with Gasteiger partial charge < -0.3 is 5.32 Å². The van der Waals surface area contributed by atoms with E-state index >= 15 is 0 Å². The Bertz CT molecular complexity index is 464. The molecule has 0 spiro atoms. The quantitative estimate of drug-likeness (QED) is 0.680. The highest BCUT2D eigenvalue weighted by molar-refractivity contribution is 7.89. The molecule has 0 unspecified atom stereocenters. The van der Waals surface area contributed by atoms with E-state index in [0.29, 0.717) is 13.1 Å². The maximum Gasteiger partial charge on any atom is 0.210 e. The summed E-state index contributed by atoms with van der Waals surface area (Å²) in [6, 6.07) is 0. The van der Waals surface area contributed by atoms with E-state index < -0.39 is 10.0 Å². The largest absolute Gasteiger partial charge is 0.311 e. The van der Waals surface area contributed by atoms with Crippen LogP contribution in [0.1, 0.15) is 17.0 Å². The van der Waals surface area contributed by atoms with Crippen LogP contribution in [0.3, 0.4) is 0 Å². The third kappa shape index (κ3) is 3.58. The zero-order chi connectivity index (χ0) is 12.3. The van der Waals surface area contributed by atoms with Gasteiger partial charge in [0, 0.05) is 31.4 Å². The normalized spacial score (nSPS) is 12.0. The Balaban J connectivity index is 2.49. The first-order valence-corrected chi connectivity index (χ1v) is 6.73.